The van der Waals surface area contributed by atoms with Gasteiger partial charge in [0.15, 0.2) is 11.5 Å². The Bertz CT molecular complexity index is 2700. The normalized spacial score (nSPS) is 15.9. The maximum atomic E-state index is 13.7. The molecule has 0 unspecified atom stereocenters. The van der Waals surface area contributed by atoms with Crippen molar-refractivity contribution in [1.82, 2.24) is 0 Å². The zero-order valence-electron chi connectivity index (χ0n) is 27.8. The van der Waals surface area contributed by atoms with Gasteiger partial charge in [-0.1, -0.05) is 24.3 Å². The van der Waals surface area contributed by atoms with Gasteiger partial charge in [-0.05, 0) is 89.5 Å². The number of benzene rings is 4. The molecule has 2 aliphatic rings. The van der Waals surface area contributed by atoms with Crippen molar-refractivity contribution in [3.63, 3.8) is 0 Å². The van der Waals surface area contributed by atoms with E-state index in [1.54, 1.807) is 36.4 Å². The van der Waals surface area contributed by atoms with Gasteiger partial charge in [-0.2, -0.15) is 32.2 Å². The Morgan fingerprint density at radius 3 is 1.85 bits per heavy atom. The first-order valence-corrected chi connectivity index (χ1v) is 18.4. The molecule has 0 radical (unpaired) electrons. The highest BCUT2D eigenvalue weighted by molar-refractivity contribution is 7.91. The molecule has 0 aromatic heterocycles. The molecule has 0 saturated heterocycles. The second-order valence-corrected chi connectivity index (χ2v) is 14.4. The van der Waals surface area contributed by atoms with Crippen LogP contribution in [0.3, 0.4) is 0 Å². The van der Waals surface area contributed by atoms with Crippen LogP contribution in [0.15, 0.2) is 133 Å². The molecule has 0 aliphatic heterocycles. The number of azo groups is 1. The molecule has 0 fully saturated rings. The number of fused-ring (bicyclic) bond motifs is 1. The molecular weight excluding hydrogens is 757 g/mol. The smallest absolute Gasteiger partial charge is 0.335 e. The van der Waals surface area contributed by atoms with Crippen LogP contribution in [0.2, 0.25) is 0 Å². The molecule has 4 aromatic carbocycles. The predicted molar refractivity (Wildman–Crippen MR) is 203 cm³/mol. The van der Waals surface area contributed by atoms with Gasteiger partial charge in [0.1, 0.15) is 21.2 Å². The highest BCUT2D eigenvalue weighted by Gasteiger charge is 2.37. The summed E-state index contributed by atoms with van der Waals surface area (Å²) in [6, 6.07) is 19.4. The number of carboxylic acid groups (broad SMARTS) is 1. The zero-order chi connectivity index (χ0) is 39.7. The molecule has 0 bridgehead atoms. The van der Waals surface area contributed by atoms with Crippen molar-refractivity contribution in [2.75, 3.05) is 16.6 Å². The molecular formula is C35H26N8O10S2. The summed E-state index contributed by atoms with van der Waals surface area (Å²) in [6.45, 7) is 0. The Balaban J connectivity index is 1.28. The van der Waals surface area contributed by atoms with Crippen LogP contribution < -0.4 is 22.3 Å². The zero-order valence-corrected chi connectivity index (χ0v) is 29.4. The van der Waals surface area contributed by atoms with E-state index in [0.29, 0.717) is 11.4 Å². The number of rotatable bonds is 10. The first-order valence-electron chi connectivity index (χ1n) is 15.5. The van der Waals surface area contributed by atoms with E-state index in [1.807, 2.05) is 12.1 Å². The Morgan fingerprint density at radius 1 is 0.709 bits per heavy atom. The van der Waals surface area contributed by atoms with Gasteiger partial charge in [-0.15, -0.1) is 5.11 Å². The summed E-state index contributed by atoms with van der Waals surface area (Å²) in [4.78, 5) is 34.3. The molecule has 2 aliphatic carbocycles. The van der Waals surface area contributed by atoms with Crippen molar-refractivity contribution < 1.29 is 45.4 Å². The number of hydrogen-bond acceptors (Lipinski definition) is 15. The molecule has 278 valence electrons. The van der Waals surface area contributed by atoms with Gasteiger partial charge in [0.2, 0.25) is 5.78 Å². The highest BCUT2D eigenvalue weighted by Crippen LogP contribution is 2.41. The minimum atomic E-state index is -5.16. The predicted octanol–water partition coefficient (Wildman–Crippen LogP) is 4.94. The number of anilines is 3. The lowest BCUT2D eigenvalue weighted by Crippen LogP contribution is -2.28. The Labute approximate surface area is 311 Å². The molecule has 18 nitrogen and oxygen atoms in total. The Morgan fingerprint density at radius 2 is 1.29 bits per heavy atom. The summed E-state index contributed by atoms with van der Waals surface area (Å²) in [5.74, 6) is -2.61. The van der Waals surface area contributed by atoms with Crippen LogP contribution in [-0.2, 0) is 25.0 Å². The van der Waals surface area contributed by atoms with Crippen molar-refractivity contribution >= 4 is 83.7 Å². The molecule has 0 saturated carbocycles. The van der Waals surface area contributed by atoms with E-state index in [9.17, 15) is 40.3 Å². The second kappa shape index (κ2) is 14.7. The van der Waals surface area contributed by atoms with Crippen molar-refractivity contribution in [2.45, 2.75) is 4.90 Å². The third-order valence-corrected chi connectivity index (χ3v) is 9.67. The number of ketones is 2. The van der Waals surface area contributed by atoms with E-state index in [1.165, 1.54) is 42.5 Å². The summed E-state index contributed by atoms with van der Waals surface area (Å²) in [5, 5.41) is 25.1. The van der Waals surface area contributed by atoms with E-state index in [0.717, 1.165) is 23.3 Å². The van der Waals surface area contributed by atoms with Crippen LogP contribution in [-0.4, -0.2) is 60.0 Å². The number of nitrogens with two attached hydrogens (primary N) is 2. The number of Topliss-reactive ketones (excluding diaryl/α,β-unsaturated/α-hetero) is 1. The fraction of sp³-hybridized carbons (Fsp3) is 0. The molecule has 4 aromatic rings. The average Bonchev–Trinajstić information content (AvgIpc) is 3.13. The first kappa shape index (κ1) is 37.6. The maximum Gasteiger partial charge on any atom is 0.335 e. The number of aromatic carboxylic acids is 1. The fourth-order valence-corrected chi connectivity index (χ4v) is 6.56. The van der Waals surface area contributed by atoms with E-state index in [-0.39, 0.29) is 28.4 Å². The van der Waals surface area contributed by atoms with Crippen molar-refractivity contribution in [3.8, 4) is 11.1 Å². The molecule has 55 heavy (non-hydrogen) atoms. The van der Waals surface area contributed by atoms with Gasteiger partial charge >= 0.3 is 5.97 Å². The monoisotopic (exact) mass is 782 g/mol. The van der Waals surface area contributed by atoms with E-state index in [4.69, 9.17) is 16.6 Å². The first-order chi connectivity index (χ1) is 26.0. The van der Waals surface area contributed by atoms with Crippen LogP contribution in [0.5, 0.6) is 0 Å². The lowest BCUT2D eigenvalue weighted by Gasteiger charge is -2.20. The minimum Gasteiger partial charge on any atom is -0.478 e. The number of carboxylic acids is 1. The summed E-state index contributed by atoms with van der Waals surface area (Å²) in [5.41, 5.74) is 17.5. The molecule has 0 heterocycles. The maximum absolute atomic E-state index is 13.7. The number of nitrogens with zero attached hydrogens (tertiary/aromatic N) is 4. The van der Waals surface area contributed by atoms with Crippen molar-refractivity contribution in [3.05, 3.63) is 124 Å². The van der Waals surface area contributed by atoms with Crippen molar-refractivity contribution in [1.29, 1.82) is 0 Å². The lowest BCUT2D eigenvalue weighted by molar-refractivity contribution is -0.110. The Hall–Kier alpha value is -7.13. The number of allylic oxidation sites excluding steroid dienone is 4. The van der Waals surface area contributed by atoms with E-state index >= 15 is 0 Å². The number of nitrogen functional groups attached to an aromatic ring is 1. The SMILES string of the molecule is NC1=CC(=O)C=CC1=NNc1ccc(-c2ccc(N=Nc3c(S(=O)(=O)O)cc4c(c3N)C(=O)C(=NNc3ccc(C(=O)O)cc3)C(S(=O)(=O)O)=C4)cc2)cc1. The number of hydrazone groups is 2. The average molecular weight is 783 g/mol. The van der Waals surface area contributed by atoms with Gasteiger partial charge in [0, 0.05) is 6.08 Å². The van der Waals surface area contributed by atoms with Gasteiger partial charge in [-0.25, -0.2) is 4.79 Å². The van der Waals surface area contributed by atoms with Crippen LogP contribution in [0.25, 0.3) is 17.2 Å². The molecule has 0 amide bonds. The van der Waals surface area contributed by atoms with Crippen LogP contribution >= 0.6 is 0 Å². The number of hydrogen-bond donors (Lipinski definition) is 7. The number of carbonyl (C=O) groups excluding carboxylic acids is 2. The third kappa shape index (κ3) is 8.26. The largest absolute Gasteiger partial charge is 0.478 e. The standard InChI is InChI=1S/C35H26N8O10S2/c36-26-17-25(44)13-14-27(26)41-38-22-7-1-18(2-8-22)19-3-9-23(10-4-19)39-42-32-28(54(48,49)50)15-21-16-29(55(51,52)53)33(34(45)30(21)31(32)37)43-40-24-11-5-20(6-12-24)35(46)47/h1-17,38,40H,36-37H2,(H,46,47)(H,48,49,50)(H,51,52,53). The van der Waals surface area contributed by atoms with Gasteiger partial charge < -0.3 is 16.6 Å². The van der Waals surface area contributed by atoms with Gasteiger partial charge in [0.25, 0.3) is 20.2 Å². The third-order valence-electron chi connectivity index (χ3n) is 7.94. The molecule has 6 rings (SSSR count). The molecule has 0 atom stereocenters. The molecule has 9 N–H and O–H groups in total. The van der Waals surface area contributed by atoms with Crippen LogP contribution in [0.1, 0.15) is 26.3 Å². The minimum absolute atomic E-state index is 0.0656. The van der Waals surface area contributed by atoms with Crippen LogP contribution in [0, 0.1) is 0 Å². The summed E-state index contributed by atoms with van der Waals surface area (Å²) in [7, 11) is -10.3. The van der Waals surface area contributed by atoms with E-state index < -0.39 is 70.0 Å². The molecule has 0 spiro atoms. The highest BCUT2D eigenvalue weighted by atomic mass is 32.2. The summed E-state index contributed by atoms with van der Waals surface area (Å²) >= 11 is 0. The van der Waals surface area contributed by atoms with Gasteiger partial charge in [-0.3, -0.25) is 29.5 Å². The fourth-order valence-electron chi connectivity index (χ4n) is 5.23. The topological polar surface area (TPSA) is 306 Å². The Kier molecular flexibility index (Phi) is 10.1. The molecule has 20 heteroatoms. The quantitative estimate of drug-likeness (QED) is 0.0369. The van der Waals surface area contributed by atoms with Crippen LogP contribution in [0.4, 0.5) is 28.4 Å². The summed E-state index contributed by atoms with van der Waals surface area (Å²) in [6.07, 6.45) is 4.86. The van der Waals surface area contributed by atoms with Gasteiger partial charge in [0.05, 0.1) is 39.6 Å². The lowest BCUT2D eigenvalue weighted by atomic mass is 9.92. The second-order valence-electron chi connectivity index (χ2n) is 11.6. The summed E-state index contributed by atoms with van der Waals surface area (Å²) < 4.78 is 69.5. The van der Waals surface area contributed by atoms with E-state index in [2.05, 4.69) is 31.3 Å². The number of nitrogens with one attached hydrogen (secondary N) is 2. The van der Waals surface area contributed by atoms with Crippen molar-refractivity contribution in [2.24, 2.45) is 26.2 Å². The number of carbonyl (C=O) groups is 3.